The van der Waals surface area contributed by atoms with E-state index in [-0.39, 0.29) is 23.1 Å². The van der Waals surface area contributed by atoms with Crippen molar-refractivity contribution in [1.82, 2.24) is 20.6 Å². The maximum atomic E-state index is 13.4. The molecule has 0 aliphatic heterocycles. The first-order valence-electron chi connectivity index (χ1n) is 15.9. The van der Waals surface area contributed by atoms with E-state index in [2.05, 4.69) is 60.5 Å². The first kappa shape index (κ1) is 37.0. The summed E-state index contributed by atoms with van der Waals surface area (Å²) in [6, 6.07) is 0. The van der Waals surface area contributed by atoms with Crippen LogP contribution < -0.4 is 16.0 Å². The molecule has 0 radical (unpaired) electrons. The minimum absolute atomic E-state index is 0.0394. The molecule has 2 rings (SSSR count). The lowest BCUT2D eigenvalue weighted by atomic mass is 9.72. The van der Waals surface area contributed by atoms with Crippen LogP contribution in [0.3, 0.4) is 0 Å². The molecule has 1 saturated carbocycles. The fourth-order valence-electron chi connectivity index (χ4n) is 5.31. The number of carbonyl (C=O) groups is 3. The van der Waals surface area contributed by atoms with Gasteiger partial charge in [-0.15, -0.1) is 0 Å². The Kier molecular flexibility index (Phi) is 16.3. The lowest BCUT2D eigenvalue weighted by Crippen LogP contribution is -2.54. The van der Waals surface area contributed by atoms with Gasteiger partial charge in [-0.2, -0.15) is 0 Å². The Morgan fingerprint density at radius 2 is 1.60 bits per heavy atom. The lowest BCUT2D eigenvalue weighted by Gasteiger charge is -2.43. The first-order valence-corrected chi connectivity index (χ1v) is 15.9. The third-order valence-electron chi connectivity index (χ3n) is 8.63. The number of allylic oxidation sites excluding steroid dienone is 3. The van der Waals surface area contributed by atoms with E-state index in [1.54, 1.807) is 12.4 Å². The SMILES string of the molecule is CCNC(C)=O.CCc1ncnc(N/C(=C/C(C)=C(\C)C(=O)NC2(C(C)CC)CCCCC2)C(C)=O)c1CC(C)CC. The second-order valence-corrected chi connectivity index (χ2v) is 11.8. The molecular weight excluding hydrogens is 526 g/mol. The number of nitrogens with zero attached hydrogens (tertiary/aromatic N) is 2. The second kappa shape index (κ2) is 18.5. The molecule has 2 atom stereocenters. The minimum atomic E-state index is -0.140. The molecule has 1 aliphatic carbocycles. The van der Waals surface area contributed by atoms with Crippen molar-refractivity contribution < 1.29 is 14.4 Å². The van der Waals surface area contributed by atoms with Crippen LogP contribution in [0.15, 0.2) is 29.2 Å². The molecule has 8 heteroatoms. The summed E-state index contributed by atoms with van der Waals surface area (Å²) >= 11 is 0. The van der Waals surface area contributed by atoms with E-state index in [9.17, 15) is 14.4 Å². The van der Waals surface area contributed by atoms with Gasteiger partial charge in [0.1, 0.15) is 12.1 Å². The zero-order valence-corrected chi connectivity index (χ0v) is 28.0. The quantitative estimate of drug-likeness (QED) is 0.173. The Morgan fingerprint density at radius 3 is 2.07 bits per heavy atom. The number of carbonyl (C=O) groups excluding carboxylic acids is 3. The van der Waals surface area contributed by atoms with E-state index >= 15 is 0 Å². The topological polar surface area (TPSA) is 113 Å². The molecular formula is C34H57N5O3. The maximum absolute atomic E-state index is 13.4. The molecule has 1 aromatic heterocycles. The number of ketones is 1. The van der Waals surface area contributed by atoms with Gasteiger partial charge in [0.05, 0.1) is 5.70 Å². The Bertz CT molecular complexity index is 1100. The summed E-state index contributed by atoms with van der Waals surface area (Å²) in [6.07, 6.45) is 12.7. The highest BCUT2D eigenvalue weighted by atomic mass is 16.2. The van der Waals surface area contributed by atoms with Gasteiger partial charge in [0.2, 0.25) is 11.8 Å². The molecule has 1 fully saturated rings. The van der Waals surface area contributed by atoms with Crippen LogP contribution in [-0.2, 0) is 27.2 Å². The van der Waals surface area contributed by atoms with Crippen LogP contribution in [-0.4, -0.2) is 39.6 Å². The van der Waals surface area contributed by atoms with Crippen LogP contribution in [0.1, 0.15) is 125 Å². The van der Waals surface area contributed by atoms with Crippen LogP contribution in [0, 0.1) is 11.8 Å². The molecule has 2 unspecified atom stereocenters. The normalized spacial score (nSPS) is 16.7. The lowest BCUT2D eigenvalue weighted by molar-refractivity contribution is -0.121. The number of rotatable bonds is 13. The average Bonchev–Trinajstić information content (AvgIpc) is 2.96. The molecule has 8 nitrogen and oxygen atoms in total. The van der Waals surface area contributed by atoms with Crippen LogP contribution in [0.4, 0.5) is 5.82 Å². The summed E-state index contributed by atoms with van der Waals surface area (Å²) in [5.74, 6) is 1.48. The van der Waals surface area contributed by atoms with Gasteiger partial charge in [0.25, 0.3) is 0 Å². The van der Waals surface area contributed by atoms with Gasteiger partial charge < -0.3 is 16.0 Å². The number of hydrogen-bond donors (Lipinski definition) is 3. The molecule has 0 spiro atoms. The van der Waals surface area contributed by atoms with Crippen molar-refractivity contribution in [3.8, 4) is 0 Å². The van der Waals surface area contributed by atoms with Crippen molar-refractivity contribution in [3.63, 3.8) is 0 Å². The average molecular weight is 584 g/mol. The smallest absolute Gasteiger partial charge is 0.247 e. The summed E-state index contributed by atoms with van der Waals surface area (Å²) in [7, 11) is 0. The number of amides is 2. The van der Waals surface area contributed by atoms with Gasteiger partial charge in [-0.3, -0.25) is 14.4 Å². The van der Waals surface area contributed by atoms with Gasteiger partial charge in [-0.1, -0.05) is 66.7 Å². The van der Waals surface area contributed by atoms with Gasteiger partial charge in [0.15, 0.2) is 5.78 Å². The number of Topliss-reactive ketones (excluding diaryl/α,β-unsaturated/α-hetero) is 1. The van der Waals surface area contributed by atoms with Gasteiger partial charge in [-0.25, -0.2) is 9.97 Å². The highest BCUT2D eigenvalue weighted by molar-refractivity contribution is 5.98. The third-order valence-corrected chi connectivity index (χ3v) is 8.63. The van der Waals surface area contributed by atoms with Crippen molar-refractivity contribution in [3.05, 3.63) is 40.5 Å². The molecule has 1 aliphatic rings. The monoisotopic (exact) mass is 583 g/mol. The number of nitrogens with one attached hydrogen (secondary N) is 3. The minimum Gasteiger partial charge on any atom is -0.357 e. The van der Waals surface area contributed by atoms with E-state index in [1.165, 1.54) is 20.3 Å². The maximum Gasteiger partial charge on any atom is 0.247 e. The van der Waals surface area contributed by atoms with Gasteiger partial charge >= 0.3 is 0 Å². The van der Waals surface area contributed by atoms with Crippen molar-refractivity contribution in [2.45, 2.75) is 133 Å². The fourth-order valence-corrected chi connectivity index (χ4v) is 5.31. The Morgan fingerprint density at radius 1 is 0.952 bits per heavy atom. The summed E-state index contributed by atoms with van der Waals surface area (Å²) in [5, 5.41) is 9.27. The van der Waals surface area contributed by atoms with Gasteiger partial charge in [-0.05, 0) is 69.9 Å². The predicted molar refractivity (Wildman–Crippen MR) is 173 cm³/mol. The molecule has 0 saturated heterocycles. The van der Waals surface area contributed by atoms with Crippen LogP contribution in [0.25, 0.3) is 0 Å². The summed E-state index contributed by atoms with van der Waals surface area (Å²) < 4.78 is 0. The second-order valence-electron chi connectivity index (χ2n) is 11.8. The number of aryl methyl sites for hydroxylation is 1. The molecule has 0 bridgehead atoms. The zero-order chi connectivity index (χ0) is 31.9. The van der Waals surface area contributed by atoms with E-state index in [0.29, 0.717) is 28.9 Å². The molecule has 2 amide bonds. The Hall–Kier alpha value is -3.03. The molecule has 3 N–H and O–H groups in total. The Balaban J connectivity index is 0.00000132. The Labute approximate surface area is 255 Å². The van der Waals surface area contributed by atoms with Gasteiger partial charge in [0, 0.05) is 42.8 Å². The van der Waals surface area contributed by atoms with Crippen molar-refractivity contribution in [2.75, 3.05) is 11.9 Å². The third kappa shape index (κ3) is 11.3. The summed E-state index contributed by atoms with van der Waals surface area (Å²) in [6.45, 7) is 20.3. The van der Waals surface area contributed by atoms with Crippen molar-refractivity contribution >= 4 is 23.4 Å². The fraction of sp³-hybridized carbons (Fsp3) is 0.676. The van der Waals surface area contributed by atoms with Crippen molar-refractivity contribution in [1.29, 1.82) is 0 Å². The molecule has 1 heterocycles. The summed E-state index contributed by atoms with van der Waals surface area (Å²) in [4.78, 5) is 44.9. The van der Waals surface area contributed by atoms with Crippen LogP contribution in [0.2, 0.25) is 0 Å². The number of aromatic nitrogens is 2. The van der Waals surface area contributed by atoms with E-state index in [4.69, 9.17) is 0 Å². The molecule has 0 aromatic carbocycles. The first-order chi connectivity index (χ1) is 19.8. The highest BCUT2D eigenvalue weighted by Crippen LogP contribution is 2.36. The van der Waals surface area contributed by atoms with Crippen molar-refractivity contribution in [2.24, 2.45) is 11.8 Å². The highest BCUT2D eigenvalue weighted by Gasteiger charge is 2.38. The zero-order valence-electron chi connectivity index (χ0n) is 28.0. The molecule has 1 aromatic rings. The number of hydrogen-bond acceptors (Lipinski definition) is 6. The predicted octanol–water partition coefficient (Wildman–Crippen LogP) is 6.86. The standard InChI is InChI=1S/C30H48N4O2.C4H9NO/c1-9-20(4)17-25-26(11-3)31-19-32-28(25)33-27(24(8)35)18-21(5)23(7)29(36)34-30(22(6)10-2)15-13-12-14-16-30;1-3-5-4(2)6/h18-20,22H,9-17H2,1-8H3,(H,34,36)(H,31,32,33);3H2,1-2H3,(H,5,6)/b23-21+,27-18+;. The van der Waals surface area contributed by atoms with E-state index in [1.807, 2.05) is 20.8 Å². The van der Waals surface area contributed by atoms with E-state index < -0.39 is 0 Å². The summed E-state index contributed by atoms with van der Waals surface area (Å²) in [5.41, 5.74) is 3.76. The van der Waals surface area contributed by atoms with E-state index in [0.717, 1.165) is 74.7 Å². The molecule has 42 heavy (non-hydrogen) atoms. The van der Waals surface area contributed by atoms with Crippen LogP contribution in [0.5, 0.6) is 0 Å². The number of anilines is 1. The molecule has 236 valence electrons. The largest absolute Gasteiger partial charge is 0.357 e. The van der Waals surface area contributed by atoms with Crippen LogP contribution >= 0.6 is 0 Å².